The summed E-state index contributed by atoms with van der Waals surface area (Å²) in [6, 6.07) is 19.5. The summed E-state index contributed by atoms with van der Waals surface area (Å²) < 4.78 is 17.4. The van der Waals surface area contributed by atoms with Crippen molar-refractivity contribution in [2.45, 2.75) is 25.0 Å². The minimum Gasteiger partial charge on any atom is -0.470 e. The SMILES string of the molecule is O=C1C=C(NCc2ccccc2)O[C@@H]2CO[C@@H](c3ccccc3)O[C@@H]12. The second-order valence-electron chi connectivity index (χ2n) is 6.04. The van der Waals surface area contributed by atoms with Gasteiger partial charge >= 0.3 is 0 Å². The highest BCUT2D eigenvalue weighted by molar-refractivity contribution is 5.95. The van der Waals surface area contributed by atoms with Gasteiger partial charge in [-0.05, 0) is 5.56 Å². The largest absolute Gasteiger partial charge is 0.470 e. The summed E-state index contributed by atoms with van der Waals surface area (Å²) >= 11 is 0. The zero-order chi connectivity index (χ0) is 17.1. The molecule has 0 bridgehead atoms. The quantitative estimate of drug-likeness (QED) is 0.930. The summed E-state index contributed by atoms with van der Waals surface area (Å²) in [5.74, 6) is 0.358. The Balaban J connectivity index is 1.41. The van der Waals surface area contributed by atoms with E-state index < -0.39 is 18.5 Å². The molecule has 3 atom stereocenters. The van der Waals surface area contributed by atoms with Crippen molar-refractivity contribution >= 4 is 5.78 Å². The lowest BCUT2D eigenvalue weighted by atomic mass is 10.1. The van der Waals surface area contributed by atoms with Gasteiger partial charge in [-0.3, -0.25) is 4.79 Å². The molecule has 1 saturated heterocycles. The molecule has 2 aliphatic rings. The van der Waals surface area contributed by atoms with Gasteiger partial charge in [0.15, 0.2) is 30.2 Å². The van der Waals surface area contributed by atoms with E-state index in [2.05, 4.69) is 5.32 Å². The predicted octanol–water partition coefficient (Wildman–Crippen LogP) is 2.70. The van der Waals surface area contributed by atoms with Gasteiger partial charge in [0.25, 0.3) is 0 Å². The average molecular weight is 337 g/mol. The van der Waals surface area contributed by atoms with Crippen LogP contribution in [0.2, 0.25) is 0 Å². The minimum absolute atomic E-state index is 0.101. The minimum atomic E-state index is -0.638. The highest BCUT2D eigenvalue weighted by atomic mass is 16.7. The van der Waals surface area contributed by atoms with Crippen molar-refractivity contribution in [2.75, 3.05) is 6.61 Å². The van der Waals surface area contributed by atoms with E-state index in [1.54, 1.807) is 0 Å². The van der Waals surface area contributed by atoms with Crippen LogP contribution in [0.25, 0.3) is 0 Å². The van der Waals surface area contributed by atoms with Crippen LogP contribution in [0.1, 0.15) is 17.4 Å². The van der Waals surface area contributed by atoms with Gasteiger partial charge in [0.05, 0.1) is 6.61 Å². The molecule has 25 heavy (non-hydrogen) atoms. The van der Waals surface area contributed by atoms with Gasteiger partial charge < -0.3 is 19.5 Å². The Morgan fingerprint density at radius 1 is 1.00 bits per heavy atom. The molecular weight excluding hydrogens is 318 g/mol. The van der Waals surface area contributed by atoms with E-state index >= 15 is 0 Å². The van der Waals surface area contributed by atoms with Gasteiger partial charge in [0, 0.05) is 18.2 Å². The molecule has 0 spiro atoms. The smallest absolute Gasteiger partial charge is 0.193 e. The number of nitrogens with one attached hydrogen (secondary N) is 1. The molecule has 1 N–H and O–H groups in total. The van der Waals surface area contributed by atoms with Crippen molar-refractivity contribution < 1.29 is 19.0 Å². The number of ether oxygens (including phenoxy) is 3. The molecule has 0 aliphatic carbocycles. The van der Waals surface area contributed by atoms with Crippen LogP contribution in [0, 0.1) is 0 Å². The van der Waals surface area contributed by atoms with E-state index in [4.69, 9.17) is 14.2 Å². The zero-order valence-electron chi connectivity index (χ0n) is 13.6. The molecule has 2 aliphatic heterocycles. The third kappa shape index (κ3) is 3.57. The maximum absolute atomic E-state index is 12.5. The van der Waals surface area contributed by atoms with E-state index in [-0.39, 0.29) is 5.78 Å². The number of rotatable bonds is 4. The first kappa shape index (κ1) is 15.9. The molecule has 0 unspecified atom stereocenters. The Bertz CT molecular complexity index is 760. The van der Waals surface area contributed by atoms with Crippen LogP contribution in [0.5, 0.6) is 0 Å². The fourth-order valence-corrected chi connectivity index (χ4v) is 2.95. The first-order valence-corrected chi connectivity index (χ1v) is 8.31. The van der Waals surface area contributed by atoms with Gasteiger partial charge in [-0.2, -0.15) is 0 Å². The number of fused-ring (bicyclic) bond motifs is 1. The summed E-state index contributed by atoms with van der Waals surface area (Å²) in [6.07, 6.45) is -0.142. The highest BCUT2D eigenvalue weighted by Crippen LogP contribution is 2.30. The van der Waals surface area contributed by atoms with Gasteiger partial charge in [0.1, 0.15) is 0 Å². The molecule has 128 valence electrons. The van der Waals surface area contributed by atoms with Gasteiger partial charge in [-0.25, -0.2) is 0 Å². The molecule has 0 saturated carbocycles. The second kappa shape index (κ2) is 7.09. The van der Waals surface area contributed by atoms with Crippen LogP contribution in [-0.2, 0) is 25.5 Å². The molecular formula is C20H19NO4. The van der Waals surface area contributed by atoms with Crippen LogP contribution in [0.15, 0.2) is 72.6 Å². The van der Waals surface area contributed by atoms with Crippen molar-refractivity contribution in [1.29, 1.82) is 0 Å². The number of ketones is 1. The third-order valence-electron chi connectivity index (χ3n) is 4.23. The van der Waals surface area contributed by atoms with E-state index in [1.165, 1.54) is 6.08 Å². The summed E-state index contributed by atoms with van der Waals surface area (Å²) in [4.78, 5) is 12.5. The molecule has 2 aromatic carbocycles. The monoisotopic (exact) mass is 337 g/mol. The van der Waals surface area contributed by atoms with Crippen molar-refractivity contribution in [3.05, 3.63) is 83.7 Å². The maximum Gasteiger partial charge on any atom is 0.193 e. The Morgan fingerprint density at radius 2 is 1.72 bits per heavy atom. The molecule has 0 aromatic heterocycles. The van der Waals surface area contributed by atoms with Crippen LogP contribution < -0.4 is 5.32 Å². The molecule has 2 heterocycles. The normalized spacial score (nSPS) is 25.5. The van der Waals surface area contributed by atoms with Crippen molar-refractivity contribution in [3.8, 4) is 0 Å². The third-order valence-corrected chi connectivity index (χ3v) is 4.23. The topological polar surface area (TPSA) is 56.8 Å². The Labute approximate surface area is 146 Å². The Morgan fingerprint density at radius 3 is 2.48 bits per heavy atom. The molecule has 0 radical (unpaired) electrons. The zero-order valence-corrected chi connectivity index (χ0v) is 13.6. The fraction of sp³-hybridized carbons (Fsp3) is 0.250. The lowest BCUT2D eigenvalue weighted by molar-refractivity contribution is -0.256. The summed E-state index contributed by atoms with van der Waals surface area (Å²) in [5.41, 5.74) is 2.01. The first-order chi connectivity index (χ1) is 12.3. The molecule has 4 rings (SSSR count). The van der Waals surface area contributed by atoms with Gasteiger partial charge in [-0.1, -0.05) is 60.7 Å². The molecule has 1 fully saturated rings. The Kier molecular flexibility index (Phi) is 4.50. The lowest BCUT2D eigenvalue weighted by Crippen LogP contribution is -2.49. The average Bonchev–Trinajstić information content (AvgIpc) is 2.68. The number of carbonyl (C=O) groups excluding carboxylic acids is 1. The van der Waals surface area contributed by atoms with Crippen molar-refractivity contribution in [1.82, 2.24) is 5.32 Å². The fourth-order valence-electron chi connectivity index (χ4n) is 2.95. The summed E-state index contributed by atoms with van der Waals surface area (Å²) in [7, 11) is 0. The van der Waals surface area contributed by atoms with E-state index in [0.717, 1.165) is 11.1 Å². The first-order valence-electron chi connectivity index (χ1n) is 8.31. The Hall–Kier alpha value is -2.63. The van der Waals surface area contributed by atoms with Crippen LogP contribution in [-0.4, -0.2) is 24.6 Å². The number of hydrogen-bond acceptors (Lipinski definition) is 5. The number of hydrogen-bond donors (Lipinski definition) is 1. The van der Waals surface area contributed by atoms with E-state index in [0.29, 0.717) is 19.0 Å². The maximum atomic E-state index is 12.5. The molecule has 5 nitrogen and oxygen atoms in total. The number of carbonyl (C=O) groups is 1. The van der Waals surface area contributed by atoms with Crippen molar-refractivity contribution in [2.24, 2.45) is 0 Å². The predicted molar refractivity (Wildman–Crippen MR) is 91.3 cm³/mol. The summed E-state index contributed by atoms with van der Waals surface area (Å²) in [6.45, 7) is 0.895. The molecule has 0 amide bonds. The van der Waals surface area contributed by atoms with Crippen molar-refractivity contribution in [3.63, 3.8) is 0 Å². The van der Waals surface area contributed by atoms with E-state index in [1.807, 2.05) is 60.7 Å². The van der Waals surface area contributed by atoms with Gasteiger partial charge in [-0.15, -0.1) is 0 Å². The lowest BCUT2D eigenvalue weighted by Gasteiger charge is -2.38. The summed E-state index contributed by atoms with van der Waals surface area (Å²) in [5, 5.41) is 3.15. The highest BCUT2D eigenvalue weighted by Gasteiger charge is 2.41. The molecule has 5 heteroatoms. The standard InChI is InChI=1S/C20H19NO4/c22-16-11-18(21-12-14-7-3-1-4-8-14)24-17-13-23-20(25-19(16)17)15-9-5-2-6-10-15/h1-11,17,19-21H,12-13H2/t17-,19+,20-/m1/s1. The van der Waals surface area contributed by atoms with Crippen LogP contribution >= 0.6 is 0 Å². The van der Waals surface area contributed by atoms with Crippen LogP contribution in [0.4, 0.5) is 0 Å². The second-order valence-corrected chi connectivity index (χ2v) is 6.04. The molecule has 2 aromatic rings. The van der Waals surface area contributed by atoms with E-state index in [9.17, 15) is 4.79 Å². The van der Waals surface area contributed by atoms with Crippen LogP contribution in [0.3, 0.4) is 0 Å². The van der Waals surface area contributed by atoms with Gasteiger partial charge in [0.2, 0.25) is 0 Å². The number of benzene rings is 2.